The van der Waals surface area contributed by atoms with Gasteiger partial charge in [0.25, 0.3) is 0 Å². The van der Waals surface area contributed by atoms with Gasteiger partial charge in [-0.1, -0.05) is 26.8 Å². The van der Waals surface area contributed by atoms with Gasteiger partial charge in [0, 0.05) is 30.8 Å². The number of rotatable bonds is 4. The molecule has 0 unspecified atom stereocenters. The Kier molecular flexibility index (Phi) is 6.37. The topological polar surface area (TPSA) is 117 Å². The van der Waals surface area contributed by atoms with Crippen molar-refractivity contribution in [2.24, 2.45) is 16.7 Å². The maximum absolute atomic E-state index is 13.8. The van der Waals surface area contributed by atoms with Gasteiger partial charge in [-0.2, -0.15) is 0 Å². The van der Waals surface area contributed by atoms with Gasteiger partial charge in [0.1, 0.15) is 5.60 Å². The highest BCUT2D eigenvalue weighted by Crippen LogP contribution is 2.67. The molecule has 8 nitrogen and oxygen atoms in total. The maximum Gasteiger partial charge on any atom is 0.410 e. The summed E-state index contributed by atoms with van der Waals surface area (Å²) in [6.07, 6.45) is -2.07. The molecule has 8 heteroatoms. The molecule has 1 heterocycles. The monoisotopic (exact) mass is 467 g/mol. The van der Waals surface area contributed by atoms with Crippen molar-refractivity contribution < 1.29 is 34.4 Å². The molecule has 3 N–H and O–H groups in total. The first-order chi connectivity index (χ1) is 15.1. The summed E-state index contributed by atoms with van der Waals surface area (Å²) in [5.74, 6) is -1.25. The number of ketones is 1. The summed E-state index contributed by atoms with van der Waals surface area (Å²) >= 11 is 0. The highest BCUT2D eigenvalue weighted by Gasteiger charge is 2.81. The van der Waals surface area contributed by atoms with Crippen molar-refractivity contribution >= 4 is 11.9 Å². The minimum atomic E-state index is -2.21. The summed E-state index contributed by atoms with van der Waals surface area (Å²) in [5.41, 5.74) is -7.16. The first-order valence-electron chi connectivity index (χ1n) is 12.0. The molecule has 3 rings (SSSR count). The van der Waals surface area contributed by atoms with Crippen LogP contribution in [-0.2, 0) is 14.3 Å². The lowest BCUT2D eigenvalue weighted by atomic mass is 9.40. The van der Waals surface area contributed by atoms with Crippen molar-refractivity contribution in [3.63, 3.8) is 0 Å². The van der Waals surface area contributed by atoms with Crippen LogP contribution < -0.4 is 0 Å². The Hall–Kier alpha value is -1.48. The normalized spacial score (nSPS) is 46.7. The fraction of sp³-hybridized carbons (Fsp3) is 0.840. The van der Waals surface area contributed by atoms with E-state index in [0.29, 0.717) is 25.9 Å². The number of ether oxygens (including phenoxy) is 2. The summed E-state index contributed by atoms with van der Waals surface area (Å²) in [4.78, 5) is 28.3. The highest BCUT2D eigenvalue weighted by atomic mass is 16.6. The second-order valence-electron chi connectivity index (χ2n) is 11.3. The standard InChI is InChI=1S/C25H41NO7/c1-9-22(6)14-16(28)25(31)23(7)15(27)12-13-21(4,5)18(23)17(29)19(24(25,8)33-22)32-20(30)26(10-2)11-3/h9,15,17-19,27,29,31H,1,10-14H2,2-8H3/t15-,17-,18-,19-,22-,23-,24+,25-/m0/s1. The number of hydrogen-bond acceptors (Lipinski definition) is 7. The Balaban J connectivity index is 2.27. The molecule has 0 aromatic heterocycles. The molecule has 1 saturated heterocycles. The molecule has 8 atom stereocenters. The smallest absolute Gasteiger partial charge is 0.410 e. The van der Waals surface area contributed by atoms with E-state index in [4.69, 9.17) is 9.47 Å². The van der Waals surface area contributed by atoms with E-state index in [9.17, 15) is 24.9 Å². The number of hydrogen-bond donors (Lipinski definition) is 3. The molecule has 0 spiro atoms. The molecule has 188 valence electrons. The molecule has 0 radical (unpaired) electrons. The zero-order valence-corrected chi connectivity index (χ0v) is 21.1. The van der Waals surface area contributed by atoms with Crippen LogP contribution in [0.2, 0.25) is 0 Å². The van der Waals surface area contributed by atoms with E-state index in [0.717, 1.165) is 0 Å². The average molecular weight is 468 g/mol. The highest BCUT2D eigenvalue weighted by molar-refractivity contribution is 5.92. The van der Waals surface area contributed by atoms with E-state index >= 15 is 0 Å². The van der Waals surface area contributed by atoms with Gasteiger partial charge < -0.3 is 29.7 Å². The van der Waals surface area contributed by atoms with Gasteiger partial charge in [0.2, 0.25) is 0 Å². The Morgan fingerprint density at radius 1 is 1.21 bits per heavy atom. The van der Waals surface area contributed by atoms with Crippen LogP contribution in [0.3, 0.4) is 0 Å². The molecule has 2 saturated carbocycles. The van der Waals surface area contributed by atoms with E-state index in [1.54, 1.807) is 13.8 Å². The van der Waals surface area contributed by atoms with E-state index in [1.165, 1.54) is 17.9 Å². The Labute approximate surface area is 196 Å². The van der Waals surface area contributed by atoms with Gasteiger partial charge in [-0.3, -0.25) is 4.79 Å². The SMILES string of the molecule is C=C[C@@]1(C)CC(=O)[C@]2(O)[C@@]3(C)[C@@H](O)CCC(C)(C)[C@@H]3[C@H](O)[C@H](OC(=O)N(CC)CC)[C@@]2(C)O1. The van der Waals surface area contributed by atoms with Crippen molar-refractivity contribution in [2.45, 2.75) is 103 Å². The quantitative estimate of drug-likeness (QED) is 0.544. The summed E-state index contributed by atoms with van der Waals surface area (Å²) in [7, 11) is 0. The number of Topliss-reactive ketones (excluding diaryl/α,β-unsaturated/α-hetero) is 1. The van der Waals surface area contributed by atoms with Crippen molar-refractivity contribution in [3.8, 4) is 0 Å². The first kappa shape index (κ1) is 26.1. The third kappa shape index (κ3) is 3.32. The van der Waals surface area contributed by atoms with Crippen LogP contribution in [0.1, 0.15) is 67.7 Å². The van der Waals surface area contributed by atoms with Gasteiger partial charge in [0.15, 0.2) is 17.5 Å². The minimum absolute atomic E-state index is 0.148. The molecule has 3 aliphatic rings. The Morgan fingerprint density at radius 3 is 2.30 bits per heavy atom. The van der Waals surface area contributed by atoms with Crippen molar-refractivity contribution in [3.05, 3.63) is 12.7 Å². The van der Waals surface area contributed by atoms with E-state index in [-0.39, 0.29) is 6.42 Å². The van der Waals surface area contributed by atoms with Crippen LogP contribution in [-0.4, -0.2) is 80.3 Å². The zero-order chi connectivity index (χ0) is 25.2. The Morgan fingerprint density at radius 2 is 1.79 bits per heavy atom. The summed E-state index contributed by atoms with van der Waals surface area (Å²) in [5, 5.41) is 35.4. The fourth-order valence-corrected chi connectivity index (χ4v) is 7.14. The maximum atomic E-state index is 13.8. The van der Waals surface area contributed by atoms with Gasteiger partial charge in [-0.05, 0) is 46.0 Å². The largest absolute Gasteiger partial charge is 0.440 e. The van der Waals surface area contributed by atoms with Crippen LogP contribution in [0.4, 0.5) is 4.79 Å². The number of carbonyl (C=O) groups is 2. The van der Waals surface area contributed by atoms with Crippen molar-refractivity contribution in [1.29, 1.82) is 0 Å². The molecular formula is C25H41NO7. The summed E-state index contributed by atoms with van der Waals surface area (Å²) < 4.78 is 12.3. The van der Waals surface area contributed by atoms with E-state index < -0.39 is 63.7 Å². The average Bonchev–Trinajstić information content (AvgIpc) is 2.72. The number of fused-ring (bicyclic) bond motifs is 3. The second-order valence-corrected chi connectivity index (χ2v) is 11.3. The van der Waals surface area contributed by atoms with Crippen molar-refractivity contribution in [2.75, 3.05) is 13.1 Å². The molecule has 33 heavy (non-hydrogen) atoms. The third-order valence-electron chi connectivity index (χ3n) is 8.98. The number of nitrogens with zero attached hydrogens (tertiary/aromatic N) is 1. The molecular weight excluding hydrogens is 426 g/mol. The van der Waals surface area contributed by atoms with Crippen LogP contribution in [0.5, 0.6) is 0 Å². The summed E-state index contributed by atoms with van der Waals surface area (Å²) in [6.45, 7) is 16.9. The lowest BCUT2D eigenvalue weighted by molar-refractivity contribution is -0.369. The van der Waals surface area contributed by atoms with Gasteiger partial charge in [-0.15, -0.1) is 6.58 Å². The number of aliphatic hydroxyl groups excluding tert-OH is 2. The molecule has 1 amide bonds. The first-order valence-corrected chi connectivity index (χ1v) is 12.0. The van der Waals surface area contributed by atoms with Gasteiger partial charge in [-0.25, -0.2) is 4.79 Å². The predicted octanol–water partition coefficient (Wildman–Crippen LogP) is 2.44. The predicted molar refractivity (Wildman–Crippen MR) is 122 cm³/mol. The lowest BCUT2D eigenvalue weighted by Gasteiger charge is -2.71. The molecule has 1 aliphatic heterocycles. The van der Waals surface area contributed by atoms with Crippen LogP contribution >= 0.6 is 0 Å². The Bertz CT molecular complexity index is 826. The number of aliphatic hydroxyl groups is 3. The van der Waals surface area contributed by atoms with Crippen LogP contribution in [0, 0.1) is 16.7 Å². The molecule has 3 fully saturated rings. The van der Waals surface area contributed by atoms with E-state index in [1.807, 2.05) is 27.7 Å². The van der Waals surface area contributed by atoms with Crippen molar-refractivity contribution in [1.82, 2.24) is 4.90 Å². The third-order valence-corrected chi connectivity index (χ3v) is 8.98. The second kappa shape index (κ2) is 8.04. The zero-order valence-electron chi connectivity index (χ0n) is 21.1. The number of amides is 1. The molecule has 0 bridgehead atoms. The molecule has 0 aromatic carbocycles. The van der Waals surface area contributed by atoms with E-state index in [2.05, 4.69) is 6.58 Å². The number of carbonyl (C=O) groups excluding carboxylic acids is 2. The molecule has 2 aliphatic carbocycles. The molecule has 0 aromatic rings. The minimum Gasteiger partial charge on any atom is -0.440 e. The summed E-state index contributed by atoms with van der Waals surface area (Å²) in [6, 6.07) is 0. The van der Waals surface area contributed by atoms with Gasteiger partial charge >= 0.3 is 6.09 Å². The lowest BCUT2D eigenvalue weighted by Crippen LogP contribution is -2.86. The van der Waals surface area contributed by atoms with Crippen LogP contribution in [0.15, 0.2) is 12.7 Å². The van der Waals surface area contributed by atoms with Gasteiger partial charge in [0.05, 0.1) is 17.8 Å². The van der Waals surface area contributed by atoms with Crippen LogP contribution in [0.25, 0.3) is 0 Å². The fourth-order valence-electron chi connectivity index (χ4n) is 7.14.